The molecule has 0 atom stereocenters. The van der Waals surface area contributed by atoms with Crippen LogP contribution in [0.4, 0.5) is 0 Å². The first kappa shape index (κ1) is 11.0. The average Bonchev–Trinajstić information content (AvgIpc) is 2.16. The Morgan fingerprint density at radius 3 is 2.77 bits per heavy atom. The van der Waals surface area contributed by atoms with E-state index in [1.807, 2.05) is 0 Å². The number of hydrogen-bond acceptors (Lipinski definition) is 7. The second-order valence-corrected chi connectivity index (χ2v) is 1.98. The third kappa shape index (κ3) is 4.45. The van der Waals surface area contributed by atoms with E-state index in [1.165, 1.54) is 0 Å². The van der Waals surface area contributed by atoms with Gasteiger partial charge in [0.2, 0.25) is 0 Å². The summed E-state index contributed by atoms with van der Waals surface area (Å²) < 4.78 is 0. The van der Waals surface area contributed by atoms with Gasteiger partial charge >= 0.3 is 0 Å². The minimum Gasteiger partial charge on any atom is -0.395 e. The first-order chi connectivity index (χ1) is 6.26. The molecular weight excluding hydrogens is 174 g/mol. The summed E-state index contributed by atoms with van der Waals surface area (Å²) >= 11 is 0. The highest BCUT2D eigenvalue weighted by atomic mass is 16.3. The number of allylic oxidation sites excluding steroid dienone is 1. The molecule has 0 heterocycles. The molecule has 0 aliphatic rings. The Bertz CT molecular complexity index is 223. The van der Waals surface area contributed by atoms with Gasteiger partial charge in [0.25, 0.3) is 0 Å². The molecule has 8 nitrogen and oxygen atoms in total. The van der Waals surface area contributed by atoms with Crippen molar-refractivity contribution in [2.75, 3.05) is 13.1 Å². The van der Waals surface area contributed by atoms with Gasteiger partial charge in [-0.05, 0) is 0 Å². The molecule has 0 aromatic rings. The fourth-order valence-electron chi connectivity index (χ4n) is 0.561. The number of rotatable bonds is 7. The van der Waals surface area contributed by atoms with E-state index in [-0.39, 0.29) is 24.6 Å². The van der Waals surface area contributed by atoms with Gasteiger partial charge in [0.15, 0.2) is 0 Å². The lowest BCUT2D eigenvalue weighted by Gasteiger charge is -2.08. The van der Waals surface area contributed by atoms with Gasteiger partial charge in [-0.15, -0.1) is 0 Å². The maximum Gasteiger partial charge on any atom is 0.146 e. The number of hydrogen-bond donors (Lipinski definition) is 5. The number of nitrogens with one attached hydrogen (secondary N) is 4. The lowest BCUT2D eigenvalue weighted by Crippen LogP contribution is -2.29. The van der Waals surface area contributed by atoms with E-state index < -0.39 is 0 Å². The molecule has 0 aromatic heterocycles. The van der Waals surface area contributed by atoms with Crippen molar-refractivity contribution < 1.29 is 0 Å². The highest BCUT2D eigenvalue weighted by molar-refractivity contribution is 5.75. The van der Waals surface area contributed by atoms with Crippen LogP contribution >= 0.6 is 0 Å². The molecule has 0 aliphatic carbocycles. The molecule has 0 spiro atoms. The van der Waals surface area contributed by atoms with Crippen LogP contribution in [0.25, 0.3) is 0 Å². The standard InChI is InChI=1S/C5H11N7O/c6-3-4(7)5(11-12-8)9-1-2-10-13/h3,6,9H,1-2,7H2,(H2,8,11)/b5-4-,6-3?. The van der Waals surface area contributed by atoms with Crippen LogP contribution in [0.3, 0.4) is 0 Å². The highest BCUT2D eigenvalue weighted by Crippen LogP contribution is 1.87. The van der Waals surface area contributed by atoms with Gasteiger partial charge in [-0.1, -0.05) is 10.4 Å². The molecule has 0 rings (SSSR count). The zero-order valence-corrected chi connectivity index (χ0v) is 6.87. The minimum atomic E-state index is 0.0778. The third-order valence-electron chi connectivity index (χ3n) is 1.12. The highest BCUT2D eigenvalue weighted by Gasteiger charge is 1.98. The van der Waals surface area contributed by atoms with E-state index >= 15 is 0 Å². The van der Waals surface area contributed by atoms with Crippen molar-refractivity contribution in [3.8, 4) is 0 Å². The van der Waals surface area contributed by atoms with E-state index in [2.05, 4.69) is 21.1 Å². The smallest absolute Gasteiger partial charge is 0.146 e. The molecule has 8 heteroatoms. The second kappa shape index (κ2) is 6.70. The molecule has 0 amide bonds. The summed E-state index contributed by atoms with van der Waals surface area (Å²) in [5, 5.41) is 15.0. The van der Waals surface area contributed by atoms with Gasteiger partial charge < -0.3 is 16.5 Å². The maximum atomic E-state index is 9.72. The van der Waals surface area contributed by atoms with Gasteiger partial charge in [-0.2, -0.15) is 10.4 Å². The molecule has 0 unspecified atom stereocenters. The summed E-state index contributed by atoms with van der Waals surface area (Å²) in [6.45, 7) is 0.352. The minimum absolute atomic E-state index is 0.0778. The Morgan fingerprint density at radius 2 is 2.31 bits per heavy atom. The van der Waals surface area contributed by atoms with Crippen molar-refractivity contribution in [3.05, 3.63) is 16.4 Å². The fourth-order valence-corrected chi connectivity index (χ4v) is 0.561. The van der Waals surface area contributed by atoms with Crippen molar-refractivity contribution >= 4 is 6.21 Å². The van der Waals surface area contributed by atoms with Gasteiger partial charge in [0.1, 0.15) is 5.82 Å². The van der Waals surface area contributed by atoms with Crippen molar-refractivity contribution in [1.82, 2.24) is 10.7 Å². The van der Waals surface area contributed by atoms with Crippen molar-refractivity contribution in [2.45, 2.75) is 0 Å². The quantitative estimate of drug-likeness (QED) is 0.122. The summed E-state index contributed by atoms with van der Waals surface area (Å²) in [6.07, 6.45) is 0.898. The summed E-state index contributed by atoms with van der Waals surface area (Å²) in [6, 6.07) is 0. The van der Waals surface area contributed by atoms with Crippen LogP contribution in [0.2, 0.25) is 0 Å². The Kier molecular flexibility index (Phi) is 5.68. The zero-order valence-electron chi connectivity index (χ0n) is 6.87. The summed E-state index contributed by atoms with van der Waals surface area (Å²) in [5.74, 6) is 0.216. The van der Waals surface area contributed by atoms with Gasteiger partial charge in [0, 0.05) is 12.8 Å². The average molecular weight is 185 g/mol. The normalized spacial score (nSPS) is 11.1. The molecule has 0 radical (unpaired) electrons. The predicted molar refractivity (Wildman–Crippen MR) is 46.9 cm³/mol. The van der Waals surface area contributed by atoms with Crippen molar-refractivity contribution in [1.29, 1.82) is 10.9 Å². The molecule has 0 fully saturated rings. The second-order valence-electron chi connectivity index (χ2n) is 1.98. The lowest BCUT2D eigenvalue weighted by molar-refractivity contribution is 0.664. The molecule has 0 aromatic carbocycles. The van der Waals surface area contributed by atoms with E-state index in [0.29, 0.717) is 0 Å². The van der Waals surface area contributed by atoms with Gasteiger partial charge in [0.05, 0.1) is 12.2 Å². The molecule has 0 aliphatic heterocycles. The molecule has 6 N–H and O–H groups in total. The molecule has 0 saturated carbocycles. The number of nitrogens with two attached hydrogens (primary N) is 1. The molecule has 0 bridgehead atoms. The Balaban J connectivity index is 4.16. The molecule has 72 valence electrons. The van der Waals surface area contributed by atoms with Crippen LogP contribution in [0.5, 0.6) is 0 Å². The lowest BCUT2D eigenvalue weighted by atomic mass is 10.4. The van der Waals surface area contributed by atoms with E-state index in [1.54, 1.807) is 0 Å². The topological polar surface area (TPSA) is 140 Å². The molecule has 0 saturated heterocycles. The summed E-state index contributed by atoms with van der Waals surface area (Å²) in [4.78, 5) is 9.72. The monoisotopic (exact) mass is 185 g/mol. The van der Waals surface area contributed by atoms with Gasteiger partial charge in [-0.3, -0.25) is 0 Å². The van der Waals surface area contributed by atoms with Crippen molar-refractivity contribution in [3.63, 3.8) is 0 Å². The first-order valence-corrected chi connectivity index (χ1v) is 3.42. The Morgan fingerprint density at radius 1 is 1.62 bits per heavy atom. The van der Waals surface area contributed by atoms with E-state index in [0.717, 1.165) is 6.21 Å². The van der Waals surface area contributed by atoms with Crippen LogP contribution in [-0.2, 0) is 0 Å². The first-order valence-electron chi connectivity index (χ1n) is 3.42. The number of nitrogens with zero attached hydrogens (tertiary/aromatic N) is 2. The van der Waals surface area contributed by atoms with E-state index in [4.69, 9.17) is 16.7 Å². The zero-order chi connectivity index (χ0) is 10.1. The van der Waals surface area contributed by atoms with Crippen LogP contribution in [0.1, 0.15) is 0 Å². The summed E-state index contributed by atoms with van der Waals surface area (Å²) in [7, 11) is 0. The van der Waals surface area contributed by atoms with E-state index in [9.17, 15) is 4.91 Å². The largest absolute Gasteiger partial charge is 0.395 e. The van der Waals surface area contributed by atoms with Gasteiger partial charge in [-0.25, -0.2) is 5.43 Å². The third-order valence-corrected chi connectivity index (χ3v) is 1.12. The fraction of sp³-hybridized carbons (Fsp3) is 0.400. The maximum absolute atomic E-state index is 9.72. The van der Waals surface area contributed by atoms with Crippen LogP contribution in [0, 0.1) is 15.8 Å². The molecular formula is C5H11N7O. The van der Waals surface area contributed by atoms with Crippen LogP contribution in [-0.4, -0.2) is 19.3 Å². The predicted octanol–water partition coefficient (Wildman–Crippen LogP) is -0.345. The Labute approximate surface area is 74.5 Å². The number of nitroso groups, excluding NO2 is 1. The van der Waals surface area contributed by atoms with Crippen LogP contribution < -0.4 is 16.5 Å². The van der Waals surface area contributed by atoms with Crippen molar-refractivity contribution in [2.24, 2.45) is 16.1 Å². The SMILES string of the molecule is N=C/C(N)=C(\NCCN=O)NN=N. The molecule has 13 heavy (non-hydrogen) atoms. The Hall–Kier alpha value is -1.99. The summed E-state index contributed by atoms with van der Waals surface area (Å²) in [5.41, 5.74) is 14.2. The van der Waals surface area contributed by atoms with Crippen LogP contribution in [0.15, 0.2) is 21.9 Å².